The number of halogens is 3. The van der Waals surface area contributed by atoms with Gasteiger partial charge in [0.05, 0.1) is 5.56 Å². The summed E-state index contributed by atoms with van der Waals surface area (Å²) in [5, 5.41) is 9.00. The minimum atomic E-state index is -4.33. The maximum atomic E-state index is 12.6. The molecule has 1 aliphatic heterocycles. The van der Waals surface area contributed by atoms with Crippen molar-refractivity contribution in [3.63, 3.8) is 0 Å². The van der Waals surface area contributed by atoms with Crippen molar-refractivity contribution >= 4 is 17.9 Å². The highest BCUT2D eigenvalue weighted by Gasteiger charge is 2.31. The van der Waals surface area contributed by atoms with Crippen LogP contribution >= 0.6 is 11.8 Å². The first kappa shape index (κ1) is 15.0. The van der Waals surface area contributed by atoms with Gasteiger partial charge in [0.2, 0.25) is 0 Å². The first-order valence-electron chi connectivity index (χ1n) is 6.18. The van der Waals surface area contributed by atoms with Crippen molar-refractivity contribution in [2.75, 3.05) is 13.1 Å². The molecule has 20 heavy (non-hydrogen) atoms. The van der Waals surface area contributed by atoms with E-state index < -0.39 is 17.8 Å². The van der Waals surface area contributed by atoms with E-state index in [1.807, 2.05) is 0 Å². The van der Waals surface area contributed by atoms with Gasteiger partial charge in [-0.05, 0) is 31.0 Å². The lowest BCUT2D eigenvalue weighted by atomic mass is 10.1. The highest BCUT2D eigenvalue weighted by atomic mass is 32.2. The topological polar surface area (TPSA) is 40.5 Å². The monoisotopic (exact) mass is 305 g/mol. The SMILES string of the molecule is O=C(O)N1CCC(Sc2cccc(C(F)(F)F)c2)CC1. The summed E-state index contributed by atoms with van der Waals surface area (Å²) >= 11 is 1.39. The van der Waals surface area contributed by atoms with Crippen LogP contribution < -0.4 is 0 Å². The lowest BCUT2D eigenvalue weighted by Gasteiger charge is -2.29. The molecule has 1 saturated heterocycles. The van der Waals surface area contributed by atoms with Crippen LogP contribution in [0, 0.1) is 0 Å². The summed E-state index contributed by atoms with van der Waals surface area (Å²) in [5.41, 5.74) is -0.648. The molecular weight excluding hydrogens is 291 g/mol. The fourth-order valence-electron chi connectivity index (χ4n) is 2.10. The van der Waals surface area contributed by atoms with Crippen LogP contribution in [0.15, 0.2) is 29.2 Å². The molecule has 0 unspecified atom stereocenters. The van der Waals surface area contributed by atoms with E-state index in [1.54, 1.807) is 6.07 Å². The maximum absolute atomic E-state index is 12.6. The van der Waals surface area contributed by atoms with Gasteiger partial charge in [0.25, 0.3) is 0 Å². The van der Waals surface area contributed by atoms with E-state index in [1.165, 1.54) is 22.7 Å². The molecule has 1 amide bonds. The molecule has 1 heterocycles. The fourth-order valence-corrected chi connectivity index (χ4v) is 3.29. The second-order valence-corrected chi connectivity index (χ2v) is 5.99. The number of benzene rings is 1. The Morgan fingerprint density at radius 2 is 1.95 bits per heavy atom. The van der Waals surface area contributed by atoms with Gasteiger partial charge in [-0.3, -0.25) is 0 Å². The van der Waals surface area contributed by atoms with E-state index in [9.17, 15) is 18.0 Å². The number of likely N-dealkylation sites (tertiary alicyclic amines) is 1. The lowest BCUT2D eigenvalue weighted by Crippen LogP contribution is -2.38. The van der Waals surface area contributed by atoms with Crippen LogP contribution in [0.4, 0.5) is 18.0 Å². The van der Waals surface area contributed by atoms with Crippen LogP contribution in [0.3, 0.4) is 0 Å². The zero-order chi connectivity index (χ0) is 14.8. The normalized spacial score (nSPS) is 17.2. The second-order valence-electron chi connectivity index (χ2n) is 4.61. The molecule has 1 aromatic carbocycles. The number of carbonyl (C=O) groups is 1. The summed E-state index contributed by atoms with van der Waals surface area (Å²) in [6, 6.07) is 5.26. The smallest absolute Gasteiger partial charge is 0.416 e. The summed E-state index contributed by atoms with van der Waals surface area (Å²) in [6.07, 6.45) is -3.95. The molecule has 2 rings (SSSR count). The van der Waals surface area contributed by atoms with Crippen LogP contribution in [0.2, 0.25) is 0 Å². The highest BCUT2D eigenvalue weighted by molar-refractivity contribution is 8.00. The van der Waals surface area contributed by atoms with E-state index in [0.29, 0.717) is 30.8 Å². The number of thioether (sulfide) groups is 1. The third-order valence-corrected chi connectivity index (χ3v) is 4.51. The quantitative estimate of drug-likeness (QED) is 0.899. The van der Waals surface area contributed by atoms with Crippen molar-refractivity contribution < 1.29 is 23.1 Å². The lowest BCUT2D eigenvalue weighted by molar-refractivity contribution is -0.137. The number of hydrogen-bond acceptors (Lipinski definition) is 2. The van der Waals surface area contributed by atoms with Gasteiger partial charge in [-0.25, -0.2) is 4.79 Å². The van der Waals surface area contributed by atoms with Gasteiger partial charge in [0.15, 0.2) is 0 Å². The van der Waals surface area contributed by atoms with E-state index in [-0.39, 0.29) is 5.25 Å². The van der Waals surface area contributed by atoms with E-state index in [2.05, 4.69) is 0 Å². The minimum absolute atomic E-state index is 0.161. The van der Waals surface area contributed by atoms with Crippen molar-refractivity contribution in [2.24, 2.45) is 0 Å². The Kier molecular flexibility index (Phi) is 4.47. The first-order valence-corrected chi connectivity index (χ1v) is 7.06. The minimum Gasteiger partial charge on any atom is -0.465 e. The number of piperidine rings is 1. The molecule has 1 aromatic rings. The van der Waals surface area contributed by atoms with Crippen LogP contribution in [0.25, 0.3) is 0 Å². The van der Waals surface area contributed by atoms with E-state index in [4.69, 9.17) is 5.11 Å². The molecule has 7 heteroatoms. The molecule has 0 saturated carbocycles. The number of amides is 1. The molecular formula is C13H14F3NO2S. The first-order chi connectivity index (χ1) is 9.36. The molecule has 1 N–H and O–H groups in total. The average molecular weight is 305 g/mol. The van der Waals surface area contributed by atoms with Crippen molar-refractivity contribution in [3.05, 3.63) is 29.8 Å². The summed E-state index contributed by atoms with van der Waals surface area (Å²) in [4.78, 5) is 12.7. The third kappa shape index (κ3) is 3.82. The molecule has 3 nitrogen and oxygen atoms in total. The Bertz CT molecular complexity index is 485. The zero-order valence-electron chi connectivity index (χ0n) is 10.6. The Hall–Kier alpha value is -1.37. The van der Waals surface area contributed by atoms with Crippen LogP contribution in [-0.2, 0) is 6.18 Å². The molecule has 0 aromatic heterocycles. The Labute approximate surface area is 118 Å². The summed E-state index contributed by atoms with van der Waals surface area (Å²) < 4.78 is 37.8. The number of carboxylic acid groups (broad SMARTS) is 1. The van der Waals surface area contributed by atoms with Crippen LogP contribution in [0.1, 0.15) is 18.4 Å². The number of nitrogens with zero attached hydrogens (tertiary/aromatic N) is 1. The van der Waals surface area contributed by atoms with Crippen molar-refractivity contribution in [1.29, 1.82) is 0 Å². The van der Waals surface area contributed by atoms with Crippen molar-refractivity contribution in [1.82, 2.24) is 4.90 Å². The van der Waals surface area contributed by atoms with Gasteiger partial charge < -0.3 is 10.0 Å². The summed E-state index contributed by atoms with van der Waals surface area (Å²) in [5.74, 6) is 0. The molecule has 0 radical (unpaired) electrons. The number of hydrogen-bond donors (Lipinski definition) is 1. The third-order valence-electron chi connectivity index (χ3n) is 3.18. The average Bonchev–Trinajstić information content (AvgIpc) is 2.38. The number of alkyl halides is 3. The van der Waals surface area contributed by atoms with Gasteiger partial charge in [0, 0.05) is 23.2 Å². The molecule has 0 aliphatic carbocycles. The van der Waals surface area contributed by atoms with Gasteiger partial charge in [-0.2, -0.15) is 13.2 Å². The van der Waals surface area contributed by atoms with Gasteiger partial charge >= 0.3 is 12.3 Å². The molecule has 0 atom stereocenters. The molecule has 110 valence electrons. The standard InChI is InChI=1S/C13H14F3NO2S/c14-13(15,16)9-2-1-3-11(8-9)20-10-4-6-17(7-5-10)12(18)19/h1-3,8,10H,4-7H2,(H,18,19). The van der Waals surface area contributed by atoms with E-state index in [0.717, 1.165) is 12.1 Å². The molecule has 0 bridgehead atoms. The summed E-state index contributed by atoms with van der Waals surface area (Å²) in [6.45, 7) is 0.873. The largest absolute Gasteiger partial charge is 0.465 e. The Morgan fingerprint density at radius 1 is 1.30 bits per heavy atom. The predicted octanol–water partition coefficient (Wildman–Crippen LogP) is 3.94. The van der Waals surface area contributed by atoms with Crippen molar-refractivity contribution in [3.8, 4) is 0 Å². The van der Waals surface area contributed by atoms with Gasteiger partial charge in [-0.15, -0.1) is 11.8 Å². The Morgan fingerprint density at radius 3 is 2.50 bits per heavy atom. The van der Waals surface area contributed by atoms with E-state index >= 15 is 0 Å². The highest BCUT2D eigenvalue weighted by Crippen LogP contribution is 2.35. The van der Waals surface area contributed by atoms with Gasteiger partial charge in [-0.1, -0.05) is 6.07 Å². The second kappa shape index (κ2) is 5.95. The molecule has 0 spiro atoms. The van der Waals surface area contributed by atoms with Crippen LogP contribution in [-0.4, -0.2) is 34.4 Å². The number of rotatable bonds is 2. The van der Waals surface area contributed by atoms with Crippen LogP contribution in [0.5, 0.6) is 0 Å². The molecule has 1 fully saturated rings. The summed E-state index contributed by atoms with van der Waals surface area (Å²) in [7, 11) is 0. The maximum Gasteiger partial charge on any atom is 0.416 e. The van der Waals surface area contributed by atoms with Crippen molar-refractivity contribution in [2.45, 2.75) is 29.2 Å². The van der Waals surface area contributed by atoms with Gasteiger partial charge in [0.1, 0.15) is 0 Å². The molecule has 1 aliphatic rings. The zero-order valence-corrected chi connectivity index (χ0v) is 11.4. The Balaban J connectivity index is 1.96. The fraction of sp³-hybridized carbons (Fsp3) is 0.462. The predicted molar refractivity (Wildman–Crippen MR) is 69.9 cm³/mol.